The SMILES string of the molecule is O=C(Cn1nnc(-c2ccccc2)n1)N(CC1CCCO1)c1nc2ccccc2s1. The van der Waals surface area contributed by atoms with Gasteiger partial charge in [0.25, 0.3) is 5.91 Å². The van der Waals surface area contributed by atoms with Gasteiger partial charge in [-0.3, -0.25) is 9.69 Å². The summed E-state index contributed by atoms with van der Waals surface area (Å²) in [5, 5.41) is 13.2. The molecule has 0 spiro atoms. The Morgan fingerprint density at radius 3 is 2.80 bits per heavy atom. The van der Waals surface area contributed by atoms with E-state index in [0.717, 1.165) is 35.2 Å². The minimum Gasteiger partial charge on any atom is -0.376 e. The largest absolute Gasteiger partial charge is 0.376 e. The number of hydrogen-bond donors (Lipinski definition) is 0. The first kappa shape index (κ1) is 18.8. The summed E-state index contributed by atoms with van der Waals surface area (Å²) in [4.78, 5) is 20.9. The summed E-state index contributed by atoms with van der Waals surface area (Å²) >= 11 is 1.50. The lowest BCUT2D eigenvalue weighted by Crippen LogP contribution is -2.39. The molecule has 1 fully saturated rings. The summed E-state index contributed by atoms with van der Waals surface area (Å²) in [6, 6.07) is 17.5. The van der Waals surface area contributed by atoms with Crippen molar-refractivity contribution in [3.63, 3.8) is 0 Å². The number of thiazole rings is 1. The number of nitrogens with zero attached hydrogens (tertiary/aromatic N) is 6. The number of rotatable bonds is 6. The van der Waals surface area contributed by atoms with E-state index in [0.29, 0.717) is 17.5 Å². The Morgan fingerprint density at radius 2 is 2.00 bits per heavy atom. The minimum absolute atomic E-state index is 0.0114. The number of para-hydroxylation sites is 1. The molecule has 1 atom stereocenters. The molecule has 0 saturated carbocycles. The van der Waals surface area contributed by atoms with Gasteiger partial charge >= 0.3 is 0 Å². The maximum Gasteiger partial charge on any atom is 0.252 e. The third-order valence-electron chi connectivity index (χ3n) is 4.99. The lowest BCUT2D eigenvalue weighted by Gasteiger charge is -2.22. The zero-order valence-electron chi connectivity index (χ0n) is 16.2. The Balaban J connectivity index is 1.39. The molecule has 2 aromatic heterocycles. The monoisotopic (exact) mass is 420 g/mol. The van der Waals surface area contributed by atoms with Crippen molar-refractivity contribution in [2.45, 2.75) is 25.5 Å². The third kappa shape index (κ3) is 3.94. The van der Waals surface area contributed by atoms with Crippen LogP contribution < -0.4 is 4.90 Å². The highest BCUT2D eigenvalue weighted by atomic mass is 32.1. The van der Waals surface area contributed by atoms with E-state index in [4.69, 9.17) is 4.74 Å². The molecule has 30 heavy (non-hydrogen) atoms. The predicted octanol–water partition coefficient (Wildman–Crippen LogP) is 3.16. The van der Waals surface area contributed by atoms with Crippen LogP contribution in [0.25, 0.3) is 21.6 Å². The smallest absolute Gasteiger partial charge is 0.252 e. The lowest BCUT2D eigenvalue weighted by molar-refractivity contribution is -0.120. The summed E-state index contributed by atoms with van der Waals surface area (Å²) in [6.45, 7) is 1.19. The van der Waals surface area contributed by atoms with Gasteiger partial charge in [-0.1, -0.05) is 53.8 Å². The van der Waals surface area contributed by atoms with Gasteiger partial charge in [0, 0.05) is 12.2 Å². The van der Waals surface area contributed by atoms with Crippen LogP contribution in [-0.4, -0.2) is 50.4 Å². The molecule has 1 aliphatic rings. The fourth-order valence-electron chi connectivity index (χ4n) is 3.47. The first-order chi connectivity index (χ1) is 14.8. The Bertz CT molecular complexity index is 1120. The van der Waals surface area contributed by atoms with Crippen molar-refractivity contribution in [2.75, 3.05) is 18.1 Å². The molecule has 0 radical (unpaired) electrons. The van der Waals surface area contributed by atoms with E-state index in [-0.39, 0.29) is 18.6 Å². The number of anilines is 1. The van der Waals surface area contributed by atoms with Gasteiger partial charge in [-0.15, -0.1) is 10.2 Å². The van der Waals surface area contributed by atoms with Crippen LogP contribution in [0.2, 0.25) is 0 Å². The van der Waals surface area contributed by atoms with E-state index < -0.39 is 0 Å². The third-order valence-corrected chi connectivity index (χ3v) is 6.05. The molecule has 8 nitrogen and oxygen atoms in total. The second-order valence-electron chi connectivity index (χ2n) is 7.11. The Hall–Kier alpha value is -3.17. The number of hydrogen-bond acceptors (Lipinski definition) is 7. The van der Waals surface area contributed by atoms with E-state index in [1.54, 1.807) is 4.90 Å². The van der Waals surface area contributed by atoms with Crippen LogP contribution in [0.15, 0.2) is 54.6 Å². The highest BCUT2D eigenvalue weighted by Gasteiger charge is 2.27. The van der Waals surface area contributed by atoms with Gasteiger partial charge in [0.15, 0.2) is 5.13 Å². The van der Waals surface area contributed by atoms with Crippen LogP contribution in [-0.2, 0) is 16.1 Å². The molecular weight excluding hydrogens is 400 g/mol. The van der Waals surface area contributed by atoms with Gasteiger partial charge in [0.2, 0.25) is 5.82 Å². The van der Waals surface area contributed by atoms with Crippen molar-refractivity contribution in [1.29, 1.82) is 0 Å². The Kier molecular flexibility index (Phi) is 5.20. The average Bonchev–Trinajstić information content (AvgIpc) is 3.53. The van der Waals surface area contributed by atoms with Crippen LogP contribution >= 0.6 is 11.3 Å². The molecular formula is C21H20N6O2S. The zero-order chi connectivity index (χ0) is 20.3. The number of aromatic nitrogens is 5. The molecule has 2 aromatic carbocycles. The molecule has 152 valence electrons. The van der Waals surface area contributed by atoms with Crippen LogP contribution in [0.4, 0.5) is 5.13 Å². The number of carbonyl (C=O) groups is 1. The normalized spacial score (nSPS) is 16.2. The van der Waals surface area contributed by atoms with E-state index in [1.165, 1.54) is 16.1 Å². The molecule has 5 rings (SSSR count). The fraction of sp³-hybridized carbons (Fsp3) is 0.286. The summed E-state index contributed by atoms with van der Waals surface area (Å²) in [7, 11) is 0. The van der Waals surface area contributed by atoms with E-state index >= 15 is 0 Å². The maximum absolute atomic E-state index is 13.2. The molecule has 9 heteroatoms. The van der Waals surface area contributed by atoms with E-state index in [1.807, 2.05) is 54.6 Å². The van der Waals surface area contributed by atoms with Crippen LogP contribution in [0.1, 0.15) is 12.8 Å². The number of fused-ring (bicyclic) bond motifs is 1. The first-order valence-electron chi connectivity index (χ1n) is 9.87. The van der Waals surface area contributed by atoms with Crippen molar-refractivity contribution in [1.82, 2.24) is 25.2 Å². The lowest BCUT2D eigenvalue weighted by atomic mass is 10.2. The predicted molar refractivity (Wildman–Crippen MR) is 114 cm³/mol. The second-order valence-corrected chi connectivity index (χ2v) is 8.12. The number of carbonyl (C=O) groups excluding carboxylic acids is 1. The summed E-state index contributed by atoms with van der Waals surface area (Å²) in [5.74, 6) is 0.357. The molecule has 0 aliphatic carbocycles. The van der Waals surface area contributed by atoms with Gasteiger partial charge in [0.1, 0.15) is 6.54 Å². The van der Waals surface area contributed by atoms with Gasteiger partial charge in [-0.25, -0.2) is 4.98 Å². The van der Waals surface area contributed by atoms with Gasteiger partial charge in [0.05, 0.1) is 22.9 Å². The maximum atomic E-state index is 13.2. The van der Waals surface area contributed by atoms with Crippen molar-refractivity contribution in [3.05, 3.63) is 54.6 Å². The molecule has 1 saturated heterocycles. The number of benzene rings is 2. The fourth-order valence-corrected chi connectivity index (χ4v) is 4.47. The Labute approximate surface area is 177 Å². The van der Waals surface area contributed by atoms with Crippen LogP contribution in [0.5, 0.6) is 0 Å². The van der Waals surface area contributed by atoms with Crippen LogP contribution in [0.3, 0.4) is 0 Å². The minimum atomic E-state index is -0.137. The number of tetrazole rings is 1. The highest BCUT2D eigenvalue weighted by molar-refractivity contribution is 7.22. The molecule has 4 aromatic rings. The van der Waals surface area contributed by atoms with E-state index in [9.17, 15) is 4.79 Å². The quantitative estimate of drug-likeness (QED) is 0.476. The molecule has 0 N–H and O–H groups in total. The molecule has 0 bridgehead atoms. The Morgan fingerprint density at radius 1 is 1.17 bits per heavy atom. The topological polar surface area (TPSA) is 86.0 Å². The summed E-state index contributed by atoms with van der Waals surface area (Å²) in [6.07, 6.45) is 1.97. The van der Waals surface area contributed by atoms with Gasteiger partial charge < -0.3 is 4.74 Å². The molecule has 1 unspecified atom stereocenters. The number of ether oxygens (including phenoxy) is 1. The van der Waals surface area contributed by atoms with E-state index in [2.05, 4.69) is 20.4 Å². The van der Waals surface area contributed by atoms with Gasteiger partial charge in [-0.2, -0.15) is 4.80 Å². The molecule has 1 aliphatic heterocycles. The molecule has 1 amide bonds. The van der Waals surface area contributed by atoms with Crippen molar-refractivity contribution >= 4 is 32.6 Å². The molecule has 3 heterocycles. The summed E-state index contributed by atoms with van der Waals surface area (Å²) < 4.78 is 6.82. The average molecular weight is 420 g/mol. The second kappa shape index (κ2) is 8.29. The van der Waals surface area contributed by atoms with Crippen LogP contribution in [0, 0.1) is 0 Å². The highest BCUT2D eigenvalue weighted by Crippen LogP contribution is 2.30. The standard InChI is InChI=1S/C21H20N6O2S/c28-19(14-27-24-20(23-25-27)15-7-2-1-3-8-15)26(13-16-9-6-12-29-16)21-22-17-10-4-5-11-18(17)30-21/h1-5,7-8,10-11,16H,6,9,12-14H2. The van der Waals surface area contributed by atoms with Crippen molar-refractivity contribution in [2.24, 2.45) is 0 Å². The van der Waals surface area contributed by atoms with Gasteiger partial charge in [-0.05, 0) is 30.2 Å². The first-order valence-corrected chi connectivity index (χ1v) is 10.7. The van der Waals surface area contributed by atoms with Crippen molar-refractivity contribution < 1.29 is 9.53 Å². The number of amides is 1. The summed E-state index contributed by atoms with van der Waals surface area (Å²) in [5.41, 5.74) is 1.74. The zero-order valence-corrected chi connectivity index (χ0v) is 17.0. The van der Waals surface area contributed by atoms with Crippen molar-refractivity contribution in [3.8, 4) is 11.4 Å².